The number of carbonyl (C=O) groups excluding carboxylic acids is 1. The third kappa shape index (κ3) is 5.27. The van der Waals surface area contributed by atoms with Crippen molar-refractivity contribution >= 4 is 51.6 Å². The molecule has 1 aliphatic rings. The summed E-state index contributed by atoms with van der Waals surface area (Å²) in [6, 6.07) is 7.43. The summed E-state index contributed by atoms with van der Waals surface area (Å²) < 4.78 is 0. The Morgan fingerprint density at radius 1 is 1.25 bits per heavy atom. The Morgan fingerprint density at radius 3 is 2.84 bits per heavy atom. The minimum absolute atomic E-state index is 0.0724. The Labute approximate surface area is 197 Å². The number of nitrogens with zero attached hydrogens (tertiary/aromatic N) is 3. The van der Waals surface area contributed by atoms with E-state index in [1.54, 1.807) is 24.5 Å². The molecule has 0 bridgehead atoms. The van der Waals surface area contributed by atoms with Crippen molar-refractivity contribution in [3.63, 3.8) is 0 Å². The van der Waals surface area contributed by atoms with E-state index in [0.29, 0.717) is 10.0 Å². The number of fused-ring (bicyclic) bond motifs is 1. The van der Waals surface area contributed by atoms with Crippen LogP contribution >= 0.6 is 23.2 Å². The van der Waals surface area contributed by atoms with E-state index < -0.39 is 0 Å². The zero-order chi connectivity index (χ0) is 22.5. The minimum atomic E-state index is 0.0724. The molecule has 3 aromatic rings. The summed E-state index contributed by atoms with van der Waals surface area (Å²) in [5.41, 5.74) is 1.55. The quantitative estimate of drug-likeness (QED) is 0.410. The maximum Gasteiger partial charge on any atom is 0.242 e. The molecule has 9 heteroatoms. The molecule has 2 aromatic heterocycles. The Morgan fingerprint density at radius 2 is 2.06 bits per heavy atom. The molecular formula is C23H28Cl2N6O. The lowest BCUT2D eigenvalue weighted by Crippen LogP contribution is -2.54. The minimum Gasteiger partial charge on any atom is -0.376 e. The number of carbonyl (C=O) groups is 1. The van der Waals surface area contributed by atoms with Crippen molar-refractivity contribution in [3.8, 4) is 0 Å². The molecule has 7 nitrogen and oxygen atoms in total. The highest BCUT2D eigenvalue weighted by Crippen LogP contribution is 2.28. The molecule has 4 rings (SSSR count). The number of aromatic nitrogens is 3. The molecule has 1 amide bonds. The zero-order valence-corrected chi connectivity index (χ0v) is 19.6. The molecule has 1 fully saturated rings. The standard InChI is InChI=1S/C23H28Cl2N6O/c1-2-3-6-20-19(30-23-18-7-8-26-22(18)28-14-29-23)5-4-9-31(20)21(32)13-27-17-11-15(24)10-16(25)12-17/h7-8,10-12,14,19-20,27H,2-6,9,13H2,1H3,(H2,26,28,29,30). The number of likely N-dealkylation sites (tertiary alicyclic amines) is 1. The summed E-state index contributed by atoms with van der Waals surface area (Å²) in [7, 11) is 0. The fraction of sp³-hybridized carbons (Fsp3) is 0.435. The van der Waals surface area contributed by atoms with Crippen LogP contribution in [0.4, 0.5) is 11.5 Å². The van der Waals surface area contributed by atoms with E-state index >= 15 is 0 Å². The molecule has 0 saturated carbocycles. The number of unbranched alkanes of at least 4 members (excludes halogenated alkanes) is 1. The van der Waals surface area contributed by atoms with E-state index in [1.807, 2.05) is 17.2 Å². The van der Waals surface area contributed by atoms with Crippen LogP contribution in [0.1, 0.15) is 39.0 Å². The number of benzene rings is 1. The SMILES string of the molecule is CCCCC1C(Nc2ncnc3[nH]ccc23)CCCN1C(=O)CNc1cc(Cl)cc(Cl)c1. The average molecular weight is 475 g/mol. The van der Waals surface area contributed by atoms with Crippen LogP contribution in [-0.2, 0) is 4.79 Å². The van der Waals surface area contributed by atoms with E-state index in [2.05, 4.69) is 32.5 Å². The molecule has 0 radical (unpaired) electrons. The second kappa shape index (κ2) is 10.4. The fourth-order valence-corrected chi connectivity index (χ4v) is 4.93. The van der Waals surface area contributed by atoms with Crippen molar-refractivity contribution in [2.75, 3.05) is 23.7 Å². The van der Waals surface area contributed by atoms with Gasteiger partial charge >= 0.3 is 0 Å². The Hall–Kier alpha value is -2.51. The number of hydrogen-bond donors (Lipinski definition) is 3. The topological polar surface area (TPSA) is 85.9 Å². The first-order chi connectivity index (χ1) is 15.5. The van der Waals surface area contributed by atoms with Crippen LogP contribution in [0.25, 0.3) is 11.0 Å². The Kier molecular flexibility index (Phi) is 7.37. The van der Waals surface area contributed by atoms with Gasteiger partial charge in [-0.15, -0.1) is 0 Å². The summed E-state index contributed by atoms with van der Waals surface area (Å²) >= 11 is 12.2. The molecule has 2 unspecified atom stereocenters. The van der Waals surface area contributed by atoms with Crippen molar-refractivity contribution < 1.29 is 4.79 Å². The lowest BCUT2D eigenvalue weighted by atomic mass is 9.91. The molecule has 1 aromatic carbocycles. The summed E-state index contributed by atoms with van der Waals surface area (Å²) in [5, 5.41) is 8.84. The molecule has 2 atom stereocenters. The van der Waals surface area contributed by atoms with Crippen LogP contribution in [0.2, 0.25) is 10.0 Å². The largest absolute Gasteiger partial charge is 0.376 e. The number of aromatic amines is 1. The Bertz CT molecular complexity index is 1050. The Balaban J connectivity index is 1.48. The second-order valence-corrected chi connectivity index (χ2v) is 9.04. The van der Waals surface area contributed by atoms with Gasteiger partial charge in [-0.25, -0.2) is 9.97 Å². The highest BCUT2D eigenvalue weighted by molar-refractivity contribution is 6.35. The van der Waals surface area contributed by atoms with Crippen LogP contribution in [-0.4, -0.2) is 50.9 Å². The predicted molar refractivity (Wildman–Crippen MR) is 131 cm³/mol. The van der Waals surface area contributed by atoms with Gasteiger partial charge in [0.1, 0.15) is 17.8 Å². The predicted octanol–water partition coefficient (Wildman–Crippen LogP) is 5.34. The molecule has 0 spiro atoms. The zero-order valence-electron chi connectivity index (χ0n) is 18.1. The van der Waals surface area contributed by atoms with Crippen molar-refractivity contribution in [1.82, 2.24) is 19.9 Å². The van der Waals surface area contributed by atoms with Gasteiger partial charge in [0.25, 0.3) is 0 Å². The summed E-state index contributed by atoms with van der Waals surface area (Å²) in [6.07, 6.45) is 8.46. The summed E-state index contributed by atoms with van der Waals surface area (Å²) in [6.45, 7) is 3.13. The highest BCUT2D eigenvalue weighted by Gasteiger charge is 2.34. The molecule has 1 aliphatic heterocycles. The van der Waals surface area contributed by atoms with E-state index in [4.69, 9.17) is 23.2 Å². The molecule has 32 heavy (non-hydrogen) atoms. The average Bonchev–Trinajstić information content (AvgIpc) is 3.26. The second-order valence-electron chi connectivity index (χ2n) is 8.16. The lowest BCUT2D eigenvalue weighted by Gasteiger charge is -2.42. The van der Waals surface area contributed by atoms with Gasteiger partial charge in [-0.3, -0.25) is 4.79 Å². The first-order valence-electron chi connectivity index (χ1n) is 11.1. The molecule has 0 aliphatic carbocycles. The number of nitrogens with one attached hydrogen (secondary N) is 3. The van der Waals surface area contributed by atoms with Gasteiger partial charge in [-0.05, 0) is 43.5 Å². The maximum atomic E-state index is 13.2. The van der Waals surface area contributed by atoms with Gasteiger partial charge in [0.05, 0.1) is 18.0 Å². The van der Waals surface area contributed by atoms with Gasteiger partial charge in [-0.2, -0.15) is 0 Å². The third-order valence-electron chi connectivity index (χ3n) is 5.94. The van der Waals surface area contributed by atoms with Crippen LogP contribution < -0.4 is 10.6 Å². The molecular weight excluding hydrogens is 447 g/mol. The van der Waals surface area contributed by atoms with Crippen LogP contribution in [0, 0.1) is 0 Å². The van der Waals surface area contributed by atoms with Gasteiger partial charge in [-0.1, -0.05) is 43.0 Å². The van der Waals surface area contributed by atoms with Crippen LogP contribution in [0.3, 0.4) is 0 Å². The first-order valence-corrected chi connectivity index (χ1v) is 11.8. The lowest BCUT2D eigenvalue weighted by molar-refractivity contribution is -0.133. The van der Waals surface area contributed by atoms with Crippen molar-refractivity contribution in [2.45, 2.75) is 51.1 Å². The number of halogens is 2. The van der Waals surface area contributed by atoms with Crippen LogP contribution in [0.5, 0.6) is 0 Å². The van der Waals surface area contributed by atoms with E-state index in [0.717, 1.165) is 61.2 Å². The number of anilines is 2. The number of hydrogen-bond acceptors (Lipinski definition) is 5. The number of piperidine rings is 1. The van der Waals surface area contributed by atoms with Crippen molar-refractivity contribution in [1.29, 1.82) is 0 Å². The van der Waals surface area contributed by atoms with E-state index in [1.165, 1.54) is 0 Å². The van der Waals surface area contributed by atoms with Crippen molar-refractivity contribution in [2.24, 2.45) is 0 Å². The summed E-state index contributed by atoms with van der Waals surface area (Å²) in [4.78, 5) is 27.1. The maximum absolute atomic E-state index is 13.2. The summed E-state index contributed by atoms with van der Waals surface area (Å²) in [5.74, 6) is 0.881. The normalized spacial score (nSPS) is 18.7. The molecule has 170 valence electrons. The number of amides is 1. The molecule has 3 heterocycles. The first kappa shape index (κ1) is 22.7. The number of H-pyrrole nitrogens is 1. The van der Waals surface area contributed by atoms with Gasteiger partial charge in [0, 0.05) is 34.5 Å². The van der Waals surface area contributed by atoms with E-state index in [-0.39, 0.29) is 24.5 Å². The van der Waals surface area contributed by atoms with Crippen LogP contribution in [0.15, 0.2) is 36.8 Å². The monoisotopic (exact) mass is 474 g/mol. The fourth-order valence-electron chi connectivity index (χ4n) is 4.40. The van der Waals surface area contributed by atoms with Gasteiger partial charge in [0.2, 0.25) is 5.91 Å². The highest BCUT2D eigenvalue weighted by atomic mass is 35.5. The van der Waals surface area contributed by atoms with Gasteiger partial charge in [0.15, 0.2) is 0 Å². The molecule has 1 saturated heterocycles. The smallest absolute Gasteiger partial charge is 0.242 e. The van der Waals surface area contributed by atoms with E-state index in [9.17, 15) is 4.79 Å². The van der Waals surface area contributed by atoms with Gasteiger partial charge < -0.3 is 20.5 Å². The van der Waals surface area contributed by atoms with Crippen molar-refractivity contribution in [3.05, 3.63) is 46.8 Å². The molecule has 3 N–H and O–H groups in total. The third-order valence-corrected chi connectivity index (χ3v) is 6.37. The number of rotatable bonds is 8.